The molecule has 0 radical (unpaired) electrons. The summed E-state index contributed by atoms with van der Waals surface area (Å²) >= 11 is 0. The van der Waals surface area contributed by atoms with Crippen molar-refractivity contribution in [1.29, 1.82) is 0 Å². The second-order valence-corrected chi connectivity index (χ2v) is 26.3. The molecule has 0 saturated carbocycles. The molecular weight excluding hydrogens is 1430 g/mol. The Hall–Kier alpha value is -12.9. The highest BCUT2D eigenvalue weighted by atomic mass is 16.7. The molecule has 3 amide bonds. The van der Waals surface area contributed by atoms with E-state index in [1.807, 2.05) is 221 Å². The molecule has 28 heteroatoms. The number of aromatic carboxylic acids is 2. The lowest BCUT2D eigenvalue weighted by atomic mass is 9.90. The fraction of sp³-hybridized carbons (Fsp3) is 0.286. The van der Waals surface area contributed by atoms with Gasteiger partial charge in [0.15, 0.2) is 12.7 Å². The number of anilines is 2. The lowest BCUT2D eigenvalue weighted by molar-refractivity contribution is -0.195. The summed E-state index contributed by atoms with van der Waals surface area (Å²) in [6.45, 7) is 15.8. The maximum absolute atomic E-state index is 11.9. The first-order valence-corrected chi connectivity index (χ1v) is 36.3. The number of hydrogen-bond acceptors (Lipinski definition) is 22. The second kappa shape index (κ2) is 41.6. The quantitative estimate of drug-likeness (QED) is 0.0421. The predicted octanol–water partition coefficient (Wildman–Crippen LogP) is 10.7. The van der Waals surface area contributed by atoms with Crippen LogP contribution in [0.1, 0.15) is 92.1 Å². The van der Waals surface area contributed by atoms with Crippen molar-refractivity contribution in [2.75, 3.05) is 99.0 Å². The number of fused-ring (bicyclic) bond motifs is 4. The first-order chi connectivity index (χ1) is 53.8. The average Bonchev–Trinajstić information content (AvgIpc) is 0.785. The van der Waals surface area contributed by atoms with Gasteiger partial charge < -0.3 is 54.4 Å². The summed E-state index contributed by atoms with van der Waals surface area (Å²) < 4.78 is 21.6. The normalized spacial score (nSPS) is 11.9. The minimum atomic E-state index is -0.947. The summed E-state index contributed by atoms with van der Waals surface area (Å²) in [7, 11) is 15.8. The fourth-order valence-electron chi connectivity index (χ4n) is 11.6. The Balaban J connectivity index is 0.000000175. The smallest absolute Gasteiger partial charge is 0.336 e. The van der Waals surface area contributed by atoms with E-state index in [0.29, 0.717) is 40.9 Å². The lowest BCUT2D eigenvalue weighted by Crippen LogP contribution is -2.30. The van der Waals surface area contributed by atoms with E-state index >= 15 is 0 Å². The number of aromatic nitrogens is 8. The van der Waals surface area contributed by atoms with Crippen LogP contribution in [0.15, 0.2) is 191 Å². The fourth-order valence-corrected chi connectivity index (χ4v) is 11.6. The molecule has 0 unspecified atom stereocenters. The number of benzene rings is 8. The SMILES string of the molecule is C1CCOC1.CC(=O)NCc1ccc(-c2nncnn2)cc1.CC(=O)ON1C(=O)CCC1=O.CCN(CC)CC.CN(C)c1ccc2c(-c3ccccc3C(=O)O)c3ccc(=[N+](C)C)cc-3oc2c1.CN(C)c1ccc2c(-c3ccccc3C(=O)O)c3ccc(=[N+](C)C)cc-3oc2c1.NCc1ccc(-c2nncnn2)cc1. The molecule has 6 aliphatic rings. The van der Waals surface area contributed by atoms with E-state index in [-0.39, 0.29) is 29.9 Å². The van der Waals surface area contributed by atoms with Crippen LogP contribution in [0.25, 0.3) is 89.6 Å². The molecule has 2 aliphatic carbocycles. The Labute approximate surface area is 649 Å². The number of nitrogens with zero attached hydrogens (tertiary/aromatic N) is 14. The van der Waals surface area contributed by atoms with Crippen molar-refractivity contribution in [3.63, 3.8) is 0 Å². The molecule has 0 bridgehead atoms. The summed E-state index contributed by atoms with van der Waals surface area (Å²) in [4.78, 5) is 77.1. The van der Waals surface area contributed by atoms with Crippen molar-refractivity contribution < 1.29 is 57.4 Å². The number of imide groups is 1. The number of carbonyl (C=O) groups is 6. The van der Waals surface area contributed by atoms with Crippen LogP contribution in [0, 0.1) is 0 Å². The molecule has 8 aromatic rings. The second-order valence-electron chi connectivity index (χ2n) is 26.3. The van der Waals surface area contributed by atoms with Gasteiger partial charge in [-0.25, -0.2) is 23.5 Å². The minimum absolute atomic E-state index is 0.0473. The van der Waals surface area contributed by atoms with Crippen LogP contribution < -0.4 is 40.7 Å². The van der Waals surface area contributed by atoms with Gasteiger partial charge in [0.25, 0.3) is 11.8 Å². The zero-order chi connectivity index (χ0) is 81.0. The monoisotopic (exact) mass is 1520 g/mol. The number of hydrogen-bond donors (Lipinski definition) is 4. The number of rotatable bonds is 15. The molecule has 5 N–H and O–H groups in total. The molecular formula is C84H96N16O12+2. The minimum Gasteiger partial charge on any atom is -0.478 e. The number of carbonyl (C=O) groups excluding carboxylic acids is 4. The predicted molar refractivity (Wildman–Crippen MR) is 431 cm³/mol. The van der Waals surface area contributed by atoms with Gasteiger partial charge in [0, 0.05) is 161 Å². The molecule has 582 valence electrons. The van der Waals surface area contributed by atoms with Crippen molar-refractivity contribution in [2.24, 2.45) is 5.73 Å². The van der Waals surface area contributed by atoms with Gasteiger partial charge in [0.05, 0.1) is 23.3 Å². The molecule has 0 atom stereocenters. The van der Waals surface area contributed by atoms with Gasteiger partial charge in [-0.15, -0.1) is 45.9 Å². The van der Waals surface area contributed by atoms with Gasteiger partial charge in [-0.3, -0.25) is 14.4 Å². The number of ether oxygens (including phenoxy) is 1. The third kappa shape index (κ3) is 23.3. The van der Waals surface area contributed by atoms with Crippen LogP contribution in [0.2, 0.25) is 0 Å². The number of carboxylic acids is 2. The molecule has 2 fully saturated rings. The van der Waals surface area contributed by atoms with Crippen molar-refractivity contribution in [3.05, 3.63) is 215 Å². The van der Waals surface area contributed by atoms with E-state index < -0.39 is 29.7 Å². The van der Waals surface area contributed by atoms with E-state index in [1.165, 1.54) is 52.1 Å². The van der Waals surface area contributed by atoms with Gasteiger partial charge in [-0.2, -0.15) is 0 Å². The number of carboxylic acid groups (broad SMARTS) is 2. The standard InChI is InChI=1S/2C24H22N2O3.C11H11N5O.C9H9N5.C6H7NO4.C6H15N.C4H8O/c2*1-25(2)15-9-11-19-21(13-15)29-22-14-16(26(3)4)10-12-20(22)23(19)17-7-5-6-8-18(17)24(27)28;1-8(17)12-6-9-2-4-10(5-3-9)11-15-13-7-14-16-11;10-5-7-1-3-8(4-2-7)9-13-11-6-12-14-9;1-4(8)11-7-5(9)2-3-6(7)10;1-4-7(5-2)6-3;1-2-4-5-3-1/h2*5-14H,1-4H3;2-5,7H,6H2,1H3,(H,12,17);1-4,6H,5,10H2;2-3H2,1H3;4-6H2,1-3H3;1-4H2/p+2. The highest BCUT2D eigenvalue weighted by molar-refractivity contribution is 6.09. The molecule has 4 aliphatic heterocycles. The van der Waals surface area contributed by atoms with Crippen LogP contribution >= 0.6 is 0 Å². The van der Waals surface area contributed by atoms with Crippen molar-refractivity contribution in [2.45, 2.75) is 73.4 Å². The summed E-state index contributed by atoms with van der Waals surface area (Å²) in [5.74, 6) is -1.06. The largest absolute Gasteiger partial charge is 0.478 e. The van der Waals surface area contributed by atoms with Crippen molar-refractivity contribution >= 4 is 68.9 Å². The first kappa shape index (κ1) is 84.7. The molecule has 112 heavy (non-hydrogen) atoms. The number of hydroxylamine groups is 2. The molecule has 2 aromatic heterocycles. The third-order valence-electron chi connectivity index (χ3n) is 17.7. The molecule has 28 nitrogen and oxygen atoms in total. The average molecular weight is 1520 g/mol. The molecule has 0 spiro atoms. The lowest BCUT2D eigenvalue weighted by Gasteiger charge is -2.18. The summed E-state index contributed by atoms with van der Waals surface area (Å²) in [6, 6.07) is 53.5. The molecule has 14 rings (SSSR count). The van der Waals surface area contributed by atoms with Gasteiger partial charge in [-0.05, 0) is 103 Å². The van der Waals surface area contributed by atoms with E-state index in [0.717, 1.165) is 120 Å². The Bertz CT molecular complexity index is 5030. The Morgan fingerprint density at radius 1 is 0.527 bits per heavy atom. The van der Waals surface area contributed by atoms with Crippen molar-refractivity contribution in [3.8, 4) is 67.7 Å². The van der Waals surface area contributed by atoms with Crippen molar-refractivity contribution in [1.82, 2.24) is 65.2 Å². The number of nitrogens with one attached hydrogen (secondary N) is 1. The maximum Gasteiger partial charge on any atom is 0.336 e. The van der Waals surface area contributed by atoms with E-state index in [1.54, 1.807) is 24.3 Å². The molecule has 2 saturated heterocycles. The molecule has 6 heterocycles. The topological polar surface area (TPSA) is 348 Å². The van der Waals surface area contributed by atoms with Crippen LogP contribution in [0.3, 0.4) is 0 Å². The van der Waals surface area contributed by atoms with Crippen LogP contribution in [-0.4, -0.2) is 186 Å². The van der Waals surface area contributed by atoms with Gasteiger partial charge in [0.2, 0.25) is 28.3 Å². The summed E-state index contributed by atoms with van der Waals surface area (Å²) in [6.07, 6.45) is 5.41. The third-order valence-corrected chi connectivity index (χ3v) is 17.7. The number of nitrogens with two attached hydrogens (primary N) is 1. The van der Waals surface area contributed by atoms with Gasteiger partial charge in [0.1, 0.15) is 50.9 Å². The Morgan fingerprint density at radius 2 is 0.929 bits per heavy atom. The van der Waals surface area contributed by atoms with E-state index in [9.17, 15) is 39.0 Å². The zero-order valence-electron chi connectivity index (χ0n) is 65.4. The van der Waals surface area contributed by atoms with Crippen LogP contribution in [-0.2, 0) is 41.8 Å². The Kier molecular flexibility index (Phi) is 31.5. The first-order valence-electron chi connectivity index (χ1n) is 36.3. The molecule has 6 aromatic carbocycles. The maximum atomic E-state index is 11.9. The van der Waals surface area contributed by atoms with E-state index in [4.69, 9.17) is 19.3 Å². The highest BCUT2D eigenvalue weighted by Crippen LogP contribution is 2.44. The van der Waals surface area contributed by atoms with Gasteiger partial charge >= 0.3 is 17.9 Å². The van der Waals surface area contributed by atoms with Gasteiger partial charge in [-0.1, -0.05) is 106 Å². The van der Waals surface area contributed by atoms with E-state index in [2.05, 4.69) is 76.6 Å². The number of amides is 3. The summed E-state index contributed by atoms with van der Waals surface area (Å²) in [5.41, 5.74) is 18.2. The Morgan fingerprint density at radius 3 is 1.26 bits per heavy atom. The van der Waals surface area contributed by atoms with Crippen LogP contribution in [0.5, 0.6) is 0 Å². The zero-order valence-corrected chi connectivity index (χ0v) is 65.4. The van der Waals surface area contributed by atoms with Crippen LogP contribution in [0.4, 0.5) is 11.4 Å². The summed E-state index contributed by atoms with van der Waals surface area (Å²) in [5, 5.41) is 56.6. The highest BCUT2D eigenvalue weighted by Gasteiger charge is 2.32.